The van der Waals surface area contributed by atoms with Crippen molar-refractivity contribution in [3.63, 3.8) is 0 Å². The van der Waals surface area contributed by atoms with Crippen molar-refractivity contribution in [2.45, 2.75) is 31.8 Å². The topological polar surface area (TPSA) is 62.1 Å². The number of aryl methyl sites for hydroxylation is 1. The van der Waals surface area contributed by atoms with Crippen LogP contribution in [0.5, 0.6) is 0 Å². The fraction of sp³-hybridized carbons (Fsp3) is 0.400. The number of benzene rings is 1. The summed E-state index contributed by atoms with van der Waals surface area (Å²) in [6, 6.07) is 5.25. The zero-order chi connectivity index (χ0) is 24.1. The molecule has 0 spiro atoms. The van der Waals surface area contributed by atoms with Crippen LogP contribution in [-0.2, 0) is 19.4 Å². The highest BCUT2D eigenvalue weighted by molar-refractivity contribution is 7.22. The molecule has 1 N–H and O–H groups in total. The summed E-state index contributed by atoms with van der Waals surface area (Å²) in [4.78, 5) is 16.1. The monoisotopic (exact) mass is 511 g/mol. The van der Waals surface area contributed by atoms with Gasteiger partial charge in [0.25, 0.3) is 0 Å². The first kappa shape index (κ1) is 22.8. The number of hydrogen-bond acceptors (Lipinski definition) is 7. The minimum Gasteiger partial charge on any atom is -0.340 e. The molecular weight excluding hydrogens is 485 g/mol. The number of rotatable bonds is 6. The lowest BCUT2D eigenvalue weighted by Crippen LogP contribution is -2.33. The molecule has 0 radical (unpaired) electrons. The van der Waals surface area contributed by atoms with Gasteiger partial charge in [0.05, 0.1) is 23.2 Å². The Morgan fingerprint density at radius 2 is 2.11 bits per heavy atom. The molecule has 1 fully saturated rings. The molecule has 6 rings (SSSR count). The molecule has 7 nitrogen and oxygen atoms in total. The van der Waals surface area contributed by atoms with Gasteiger partial charge in [-0.25, -0.2) is 14.4 Å². The molecule has 0 saturated carbocycles. The smallest absolute Gasteiger partial charge is 0.142 e. The number of nitrogens with zero attached hydrogens (tertiary/aromatic N) is 6. The number of likely N-dealkylation sites (tertiary alicyclic amines) is 1. The summed E-state index contributed by atoms with van der Waals surface area (Å²) in [6.45, 7) is 4.22. The molecule has 2 aliphatic rings. The molecule has 0 unspecified atom stereocenters. The van der Waals surface area contributed by atoms with Gasteiger partial charge in [-0.05, 0) is 63.7 Å². The summed E-state index contributed by atoms with van der Waals surface area (Å²) in [5.74, 6) is 0.278. The van der Waals surface area contributed by atoms with Crippen LogP contribution in [0, 0.1) is 5.82 Å². The van der Waals surface area contributed by atoms with Crippen LogP contribution in [0.15, 0.2) is 30.7 Å². The maximum atomic E-state index is 13.6. The van der Waals surface area contributed by atoms with E-state index in [9.17, 15) is 4.39 Å². The maximum Gasteiger partial charge on any atom is 0.142 e. The number of halogens is 2. The van der Waals surface area contributed by atoms with E-state index >= 15 is 0 Å². The predicted octanol–water partition coefficient (Wildman–Crippen LogP) is 4.83. The van der Waals surface area contributed by atoms with Crippen LogP contribution in [0.1, 0.15) is 17.7 Å². The Morgan fingerprint density at radius 1 is 1.23 bits per heavy atom. The van der Waals surface area contributed by atoms with Crippen molar-refractivity contribution in [2.24, 2.45) is 0 Å². The van der Waals surface area contributed by atoms with Gasteiger partial charge in [-0.1, -0.05) is 11.6 Å². The Bertz CT molecular complexity index is 1400. The van der Waals surface area contributed by atoms with Crippen LogP contribution < -0.4 is 5.32 Å². The van der Waals surface area contributed by atoms with Crippen molar-refractivity contribution >= 4 is 44.7 Å². The Balaban J connectivity index is 1.27. The number of fused-ring (bicyclic) bond motifs is 5. The average Bonchev–Trinajstić information content (AvgIpc) is 3.56. The average molecular weight is 512 g/mol. The normalized spacial score (nSPS) is 17.8. The fourth-order valence-corrected chi connectivity index (χ4v) is 6.63. The molecule has 3 aromatic heterocycles. The molecule has 1 atom stereocenters. The lowest BCUT2D eigenvalue weighted by Gasteiger charge is -2.21. The minimum absolute atomic E-state index is 0.0795. The van der Waals surface area contributed by atoms with Gasteiger partial charge in [-0.2, -0.15) is 5.10 Å². The van der Waals surface area contributed by atoms with E-state index in [4.69, 9.17) is 16.7 Å². The largest absolute Gasteiger partial charge is 0.340 e. The van der Waals surface area contributed by atoms with E-state index in [1.807, 2.05) is 6.20 Å². The number of nitrogens with one attached hydrogen (secondary N) is 1. The quantitative estimate of drug-likeness (QED) is 0.400. The summed E-state index contributed by atoms with van der Waals surface area (Å²) in [6.07, 6.45) is 6.66. The summed E-state index contributed by atoms with van der Waals surface area (Å²) in [5, 5.41) is 9.20. The second-order valence-electron chi connectivity index (χ2n) is 9.50. The van der Waals surface area contributed by atoms with Gasteiger partial charge in [-0.15, -0.1) is 11.3 Å². The maximum absolute atomic E-state index is 13.6. The van der Waals surface area contributed by atoms with E-state index in [1.165, 1.54) is 34.2 Å². The third-order valence-corrected chi connectivity index (χ3v) is 8.64. The predicted molar refractivity (Wildman–Crippen MR) is 139 cm³/mol. The molecule has 1 aliphatic carbocycles. The van der Waals surface area contributed by atoms with Gasteiger partial charge in [-0.3, -0.25) is 9.58 Å². The fourth-order valence-electron chi connectivity index (χ4n) is 5.23. The van der Waals surface area contributed by atoms with Crippen molar-refractivity contribution in [3.8, 4) is 10.4 Å². The third kappa shape index (κ3) is 4.20. The van der Waals surface area contributed by atoms with E-state index in [1.54, 1.807) is 29.8 Å². The summed E-state index contributed by atoms with van der Waals surface area (Å²) >= 11 is 7.67. The lowest BCUT2D eigenvalue weighted by molar-refractivity contribution is 0.260. The van der Waals surface area contributed by atoms with Crippen LogP contribution in [0.2, 0.25) is 5.02 Å². The van der Waals surface area contributed by atoms with E-state index in [0.717, 1.165) is 55.1 Å². The first-order chi connectivity index (χ1) is 17.0. The van der Waals surface area contributed by atoms with Gasteiger partial charge >= 0.3 is 0 Å². The van der Waals surface area contributed by atoms with Gasteiger partial charge in [0.1, 0.15) is 22.8 Å². The number of thiophene rings is 1. The molecule has 182 valence electrons. The van der Waals surface area contributed by atoms with Crippen LogP contribution in [0.25, 0.3) is 20.7 Å². The van der Waals surface area contributed by atoms with Crippen molar-refractivity contribution < 1.29 is 4.39 Å². The summed E-state index contributed by atoms with van der Waals surface area (Å²) in [7, 11) is 4.33. The Morgan fingerprint density at radius 3 is 2.91 bits per heavy atom. The highest BCUT2D eigenvalue weighted by atomic mass is 35.5. The SMILES string of the molecule is CN(C)[C@H]1CCN(CCn2ncc3c2CCc2c-3sc3ncnc(Nc4ccc(F)c(Cl)c4)c23)C1. The van der Waals surface area contributed by atoms with Crippen LogP contribution in [-0.4, -0.2) is 69.3 Å². The highest BCUT2D eigenvalue weighted by Crippen LogP contribution is 2.45. The number of likely N-dealkylation sites (N-methyl/N-ethyl adjacent to an activating group) is 1. The van der Waals surface area contributed by atoms with E-state index in [0.29, 0.717) is 11.7 Å². The highest BCUT2D eigenvalue weighted by Gasteiger charge is 2.28. The summed E-state index contributed by atoms with van der Waals surface area (Å²) < 4.78 is 15.8. The molecule has 1 saturated heterocycles. The van der Waals surface area contributed by atoms with E-state index < -0.39 is 5.82 Å². The van der Waals surface area contributed by atoms with E-state index in [-0.39, 0.29) is 5.02 Å². The number of anilines is 2. The second kappa shape index (κ2) is 9.13. The van der Waals surface area contributed by atoms with Crippen molar-refractivity contribution in [3.05, 3.63) is 52.8 Å². The zero-order valence-electron chi connectivity index (χ0n) is 19.8. The number of hydrogen-bond donors (Lipinski definition) is 1. The lowest BCUT2D eigenvalue weighted by atomic mass is 9.95. The van der Waals surface area contributed by atoms with Crippen LogP contribution in [0.3, 0.4) is 0 Å². The Kier molecular flexibility index (Phi) is 5.96. The molecule has 4 aromatic rings. The molecule has 1 aromatic carbocycles. The molecule has 35 heavy (non-hydrogen) atoms. The molecule has 4 heterocycles. The van der Waals surface area contributed by atoms with Gasteiger partial charge in [0, 0.05) is 41.0 Å². The Labute approximate surface area is 212 Å². The summed E-state index contributed by atoms with van der Waals surface area (Å²) in [5.41, 5.74) is 4.46. The first-order valence-corrected chi connectivity index (χ1v) is 13.1. The zero-order valence-corrected chi connectivity index (χ0v) is 21.3. The van der Waals surface area contributed by atoms with Crippen LogP contribution >= 0.6 is 22.9 Å². The van der Waals surface area contributed by atoms with Gasteiger partial charge in [0.15, 0.2) is 0 Å². The van der Waals surface area contributed by atoms with Gasteiger partial charge in [0.2, 0.25) is 0 Å². The van der Waals surface area contributed by atoms with Crippen LogP contribution in [0.4, 0.5) is 15.9 Å². The minimum atomic E-state index is -0.440. The van der Waals surface area contributed by atoms with E-state index in [2.05, 4.69) is 43.9 Å². The standard InChI is InChI=1S/C25H27ClFN7S/c1-32(2)16-7-8-33(13-16)9-10-34-21-6-4-17-22-24(31-15-3-5-20(27)19(26)11-15)28-14-29-25(22)35-23(17)18(21)12-30-34/h3,5,11-12,14,16H,4,6-10,13H2,1-2H3,(H,28,29,31)/t16-/m0/s1. The molecular formula is C25H27ClFN7S. The third-order valence-electron chi connectivity index (χ3n) is 7.18. The van der Waals surface area contributed by atoms with Crippen molar-refractivity contribution in [1.29, 1.82) is 0 Å². The second-order valence-corrected chi connectivity index (χ2v) is 10.9. The Hall–Kier alpha value is -2.59. The molecule has 0 bridgehead atoms. The molecule has 1 aliphatic heterocycles. The number of aromatic nitrogens is 4. The van der Waals surface area contributed by atoms with Crippen molar-refractivity contribution in [2.75, 3.05) is 39.0 Å². The first-order valence-electron chi connectivity index (χ1n) is 11.9. The van der Waals surface area contributed by atoms with Gasteiger partial charge < -0.3 is 10.2 Å². The van der Waals surface area contributed by atoms with Crippen molar-refractivity contribution in [1.82, 2.24) is 29.5 Å². The molecule has 10 heteroatoms. The molecule has 0 amide bonds.